The first-order valence-corrected chi connectivity index (χ1v) is 11.6. The fraction of sp³-hybridized carbons (Fsp3) is 0.455. The molecule has 1 amide bonds. The largest absolute Gasteiger partial charge is 0.493 e. The van der Waals surface area contributed by atoms with Crippen molar-refractivity contribution in [2.45, 2.75) is 44.1 Å². The summed E-state index contributed by atoms with van der Waals surface area (Å²) >= 11 is 1.61. The number of hydrogen-bond donors (Lipinski definition) is 2. The van der Waals surface area contributed by atoms with Crippen molar-refractivity contribution in [2.24, 2.45) is 0 Å². The number of aromatic nitrogens is 4. The van der Waals surface area contributed by atoms with Crippen LogP contribution in [-0.2, 0) is 11.3 Å². The number of benzene rings is 1. The third kappa shape index (κ3) is 6.25. The molecule has 3 rings (SSSR count). The van der Waals surface area contributed by atoms with Crippen LogP contribution in [0.15, 0.2) is 35.6 Å². The molecule has 0 aliphatic rings. The Morgan fingerprint density at radius 2 is 1.97 bits per heavy atom. The van der Waals surface area contributed by atoms with Crippen molar-refractivity contribution in [3.05, 3.63) is 30.5 Å². The van der Waals surface area contributed by atoms with Gasteiger partial charge in [0.1, 0.15) is 5.82 Å². The van der Waals surface area contributed by atoms with E-state index in [1.807, 2.05) is 12.1 Å². The number of anilines is 1. The van der Waals surface area contributed by atoms with Gasteiger partial charge in [0.25, 0.3) is 5.91 Å². The normalized spacial score (nSPS) is 11.0. The van der Waals surface area contributed by atoms with Crippen molar-refractivity contribution in [3.63, 3.8) is 0 Å². The van der Waals surface area contributed by atoms with Gasteiger partial charge in [-0.15, -0.1) is 0 Å². The van der Waals surface area contributed by atoms with Gasteiger partial charge in [-0.2, -0.15) is 5.10 Å². The number of nitrogens with one attached hydrogen (secondary N) is 2. The molecule has 0 saturated carbocycles. The van der Waals surface area contributed by atoms with Gasteiger partial charge in [0, 0.05) is 18.3 Å². The quantitative estimate of drug-likeness (QED) is 0.315. The summed E-state index contributed by atoms with van der Waals surface area (Å²) in [4.78, 5) is 21.6. The van der Waals surface area contributed by atoms with Crippen LogP contribution in [0.5, 0.6) is 11.5 Å². The van der Waals surface area contributed by atoms with Crippen molar-refractivity contribution in [3.8, 4) is 11.5 Å². The third-order valence-corrected chi connectivity index (χ3v) is 5.30. The lowest BCUT2D eigenvalue weighted by molar-refractivity contribution is -0.123. The lowest BCUT2D eigenvalue weighted by Gasteiger charge is -2.11. The third-order valence-electron chi connectivity index (χ3n) is 4.43. The van der Waals surface area contributed by atoms with Crippen LogP contribution >= 0.6 is 11.8 Å². The van der Waals surface area contributed by atoms with Crippen molar-refractivity contribution in [1.29, 1.82) is 0 Å². The molecule has 0 aliphatic heterocycles. The highest BCUT2D eigenvalue weighted by Crippen LogP contribution is 2.27. The molecule has 2 aromatic heterocycles. The van der Waals surface area contributed by atoms with Gasteiger partial charge in [-0.1, -0.05) is 44.7 Å². The fourth-order valence-electron chi connectivity index (χ4n) is 2.97. The number of methoxy groups -OCH3 is 1. The Balaban J connectivity index is 1.62. The molecule has 0 saturated heterocycles. The molecule has 0 fully saturated rings. The number of carbonyl (C=O) groups is 1. The average molecular weight is 459 g/mol. The molecule has 2 N–H and O–H groups in total. The summed E-state index contributed by atoms with van der Waals surface area (Å²) in [5, 5.41) is 12.6. The number of ether oxygens (including phenoxy) is 2. The molecular weight excluding hydrogens is 428 g/mol. The average Bonchev–Trinajstić information content (AvgIpc) is 3.18. The Labute approximate surface area is 192 Å². The van der Waals surface area contributed by atoms with Crippen LogP contribution in [0.3, 0.4) is 0 Å². The molecule has 10 heteroatoms. The molecule has 3 aromatic rings. The molecule has 0 spiro atoms. The number of nitrogens with zero attached hydrogens (tertiary/aromatic N) is 4. The van der Waals surface area contributed by atoms with Gasteiger partial charge in [0.2, 0.25) is 0 Å². The number of para-hydroxylation sites is 2. The summed E-state index contributed by atoms with van der Waals surface area (Å²) in [7, 11) is 1.56. The molecule has 0 unspecified atom stereocenters. The minimum absolute atomic E-state index is 0.0946. The van der Waals surface area contributed by atoms with E-state index in [1.165, 1.54) is 0 Å². The second-order valence-electron chi connectivity index (χ2n) is 7.34. The van der Waals surface area contributed by atoms with Crippen LogP contribution < -0.4 is 20.1 Å². The lowest BCUT2D eigenvalue weighted by atomic mass is 10.3. The van der Waals surface area contributed by atoms with Gasteiger partial charge in [0.05, 0.1) is 25.2 Å². The lowest BCUT2D eigenvalue weighted by Crippen LogP contribution is -2.31. The van der Waals surface area contributed by atoms with Crippen LogP contribution in [0.2, 0.25) is 0 Å². The van der Waals surface area contributed by atoms with E-state index in [0.29, 0.717) is 35.0 Å². The second kappa shape index (κ2) is 11.6. The molecule has 0 aliphatic carbocycles. The van der Waals surface area contributed by atoms with E-state index in [0.717, 1.165) is 29.8 Å². The van der Waals surface area contributed by atoms with Gasteiger partial charge in [0.15, 0.2) is 28.9 Å². The van der Waals surface area contributed by atoms with Gasteiger partial charge < -0.3 is 20.1 Å². The zero-order valence-electron chi connectivity index (χ0n) is 18.9. The molecule has 172 valence electrons. The minimum atomic E-state index is -0.219. The van der Waals surface area contributed by atoms with Crippen molar-refractivity contribution >= 4 is 34.5 Å². The Hall–Kier alpha value is -3.01. The van der Waals surface area contributed by atoms with Crippen LogP contribution in [0, 0.1) is 0 Å². The van der Waals surface area contributed by atoms with Crippen LogP contribution in [0.4, 0.5) is 5.82 Å². The van der Waals surface area contributed by atoms with E-state index < -0.39 is 0 Å². The predicted octanol–water partition coefficient (Wildman–Crippen LogP) is 3.35. The number of amides is 1. The van der Waals surface area contributed by atoms with Gasteiger partial charge in [-0.05, 0) is 18.6 Å². The first-order chi connectivity index (χ1) is 15.5. The number of carbonyl (C=O) groups excluding carboxylic acids is 1. The van der Waals surface area contributed by atoms with E-state index in [1.54, 1.807) is 41.9 Å². The minimum Gasteiger partial charge on any atom is -0.493 e. The number of hydrogen-bond acceptors (Lipinski definition) is 8. The summed E-state index contributed by atoms with van der Waals surface area (Å²) < 4.78 is 12.6. The Morgan fingerprint density at radius 3 is 2.69 bits per heavy atom. The summed E-state index contributed by atoms with van der Waals surface area (Å²) in [6.07, 6.45) is 2.76. The zero-order valence-corrected chi connectivity index (χ0v) is 19.7. The van der Waals surface area contributed by atoms with Crippen molar-refractivity contribution in [1.82, 2.24) is 25.1 Å². The maximum absolute atomic E-state index is 12.2. The number of rotatable bonds is 12. The van der Waals surface area contributed by atoms with E-state index >= 15 is 0 Å². The fourth-order valence-corrected chi connectivity index (χ4v) is 3.68. The van der Waals surface area contributed by atoms with Gasteiger partial charge in [-0.25, -0.2) is 14.6 Å². The van der Waals surface area contributed by atoms with E-state index in [-0.39, 0.29) is 12.5 Å². The molecule has 32 heavy (non-hydrogen) atoms. The topological polar surface area (TPSA) is 103 Å². The molecule has 9 nitrogen and oxygen atoms in total. The number of thioether (sulfide) groups is 1. The predicted molar refractivity (Wildman–Crippen MR) is 127 cm³/mol. The standard InChI is InChI=1S/C22H30N6O3S/c1-5-10-24-20-16-13-25-28(21(16)27-22(26-20)32-15(2)3)12-11-23-19(29)14-31-18-9-7-6-8-17(18)30-4/h6-9,13,15H,5,10-12,14H2,1-4H3,(H,23,29)(H,24,26,27). The molecule has 2 heterocycles. The summed E-state index contributed by atoms with van der Waals surface area (Å²) in [5.41, 5.74) is 0.751. The second-order valence-corrected chi connectivity index (χ2v) is 8.89. The van der Waals surface area contributed by atoms with Crippen molar-refractivity contribution in [2.75, 3.05) is 32.1 Å². The first-order valence-electron chi connectivity index (χ1n) is 10.7. The molecule has 1 aromatic carbocycles. The SMILES string of the molecule is CCCNc1nc(SC(C)C)nc2c1cnn2CCNC(=O)COc1ccccc1OC. The first kappa shape index (κ1) is 23.6. The summed E-state index contributed by atoms with van der Waals surface area (Å²) in [5.74, 6) is 1.69. The van der Waals surface area contributed by atoms with E-state index in [9.17, 15) is 4.79 Å². The monoisotopic (exact) mass is 458 g/mol. The molecule has 0 bridgehead atoms. The highest BCUT2D eigenvalue weighted by molar-refractivity contribution is 7.99. The highest BCUT2D eigenvalue weighted by Gasteiger charge is 2.14. The Bertz CT molecular complexity index is 1040. The zero-order chi connectivity index (χ0) is 22.9. The maximum Gasteiger partial charge on any atom is 0.258 e. The highest BCUT2D eigenvalue weighted by atomic mass is 32.2. The maximum atomic E-state index is 12.2. The van der Waals surface area contributed by atoms with Crippen molar-refractivity contribution < 1.29 is 14.3 Å². The summed E-state index contributed by atoms with van der Waals surface area (Å²) in [6, 6.07) is 7.22. The molecule has 0 radical (unpaired) electrons. The molecule has 0 atom stereocenters. The van der Waals surface area contributed by atoms with Gasteiger partial charge in [-0.3, -0.25) is 4.79 Å². The van der Waals surface area contributed by atoms with Crippen LogP contribution in [-0.4, -0.2) is 57.7 Å². The smallest absolute Gasteiger partial charge is 0.258 e. The van der Waals surface area contributed by atoms with E-state index in [2.05, 4.69) is 41.5 Å². The Kier molecular flexibility index (Phi) is 8.55. The number of fused-ring (bicyclic) bond motifs is 1. The van der Waals surface area contributed by atoms with Crippen LogP contribution in [0.1, 0.15) is 27.2 Å². The van der Waals surface area contributed by atoms with Crippen LogP contribution in [0.25, 0.3) is 11.0 Å². The van der Waals surface area contributed by atoms with E-state index in [4.69, 9.17) is 14.5 Å². The molecular formula is C22H30N6O3S. The Morgan fingerprint density at radius 1 is 1.19 bits per heavy atom. The van der Waals surface area contributed by atoms with Gasteiger partial charge >= 0.3 is 0 Å². The summed E-state index contributed by atoms with van der Waals surface area (Å²) in [6.45, 7) is 7.95.